The van der Waals surface area contributed by atoms with E-state index in [9.17, 15) is 22.8 Å². The molecule has 0 bridgehead atoms. The molecule has 2 N–H and O–H groups in total. The van der Waals surface area contributed by atoms with E-state index in [0.29, 0.717) is 0 Å². The molecule has 0 radical (unpaired) electrons. The van der Waals surface area contributed by atoms with Gasteiger partial charge in [-0.25, -0.2) is 4.79 Å². The van der Waals surface area contributed by atoms with Gasteiger partial charge in [-0.15, -0.1) is 11.8 Å². The van der Waals surface area contributed by atoms with E-state index in [1.54, 1.807) is 0 Å². The van der Waals surface area contributed by atoms with Crippen molar-refractivity contribution in [2.24, 2.45) is 0 Å². The highest BCUT2D eigenvalue weighted by Gasteiger charge is 2.36. The number of carboxylic acid groups (broad SMARTS) is 1. The van der Waals surface area contributed by atoms with Gasteiger partial charge in [0.2, 0.25) is 5.91 Å². The molecule has 0 saturated heterocycles. The fourth-order valence-corrected chi connectivity index (χ4v) is 1.60. The van der Waals surface area contributed by atoms with Crippen molar-refractivity contribution in [2.45, 2.75) is 44.2 Å². The lowest BCUT2D eigenvalue weighted by Gasteiger charge is -2.19. The number of carboxylic acids is 1. The Morgan fingerprint density at radius 2 is 1.78 bits per heavy atom. The second-order valence-corrected chi connectivity index (χ2v) is 6.48. The van der Waals surface area contributed by atoms with Crippen molar-refractivity contribution in [1.29, 1.82) is 0 Å². The normalized spacial score (nSPS) is 14.1. The number of halogens is 3. The summed E-state index contributed by atoms with van der Waals surface area (Å²) in [5.41, 5.74) is 0. The number of rotatable bonds is 5. The highest BCUT2D eigenvalue weighted by atomic mass is 32.2. The summed E-state index contributed by atoms with van der Waals surface area (Å²) in [6, 6.07) is -1.93. The third-order valence-corrected chi connectivity index (χ3v) is 2.98. The molecule has 106 valence electrons. The standard InChI is InChI=1S/C10H16F3NO3S/c1-9(2,3)18-5-7(15)14-6(8(16)17)4-10(11,12)13/h6H,4-5H2,1-3H3,(H,14,15)(H,16,17). The summed E-state index contributed by atoms with van der Waals surface area (Å²) >= 11 is 1.23. The number of alkyl halides is 3. The van der Waals surface area contributed by atoms with Crippen LogP contribution >= 0.6 is 11.8 Å². The van der Waals surface area contributed by atoms with Gasteiger partial charge in [0, 0.05) is 4.75 Å². The van der Waals surface area contributed by atoms with E-state index < -0.39 is 30.5 Å². The third-order valence-electron chi connectivity index (χ3n) is 1.71. The number of nitrogens with one attached hydrogen (secondary N) is 1. The Hall–Kier alpha value is -0.920. The molecular weight excluding hydrogens is 271 g/mol. The molecule has 4 nitrogen and oxygen atoms in total. The van der Waals surface area contributed by atoms with Crippen LogP contribution < -0.4 is 5.32 Å². The molecule has 8 heteroatoms. The number of hydrogen-bond donors (Lipinski definition) is 2. The summed E-state index contributed by atoms with van der Waals surface area (Å²) in [5.74, 6) is -2.49. The largest absolute Gasteiger partial charge is 0.480 e. The summed E-state index contributed by atoms with van der Waals surface area (Å²) in [7, 11) is 0. The highest BCUT2D eigenvalue weighted by molar-refractivity contribution is 8.01. The Morgan fingerprint density at radius 3 is 2.11 bits per heavy atom. The minimum absolute atomic E-state index is 0.0782. The molecule has 0 aliphatic carbocycles. The minimum atomic E-state index is -4.63. The van der Waals surface area contributed by atoms with Crippen LogP contribution in [-0.2, 0) is 9.59 Å². The van der Waals surface area contributed by atoms with Crippen molar-refractivity contribution >= 4 is 23.6 Å². The first kappa shape index (κ1) is 17.1. The number of carbonyl (C=O) groups excluding carboxylic acids is 1. The number of hydrogen-bond acceptors (Lipinski definition) is 3. The second kappa shape index (κ2) is 6.31. The van der Waals surface area contributed by atoms with Crippen molar-refractivity contribution < 1.29 is 27.9 Å². The molecule has 1 atom stereocenters. The van der Waals surface area contributed by atoms with Crippen LogP contribution in [0.25, 0.3) is 0 Å². The third kappa shape index (κ3) is 9.15. The van der Waals surface area contributed by atoms with Crippen LogP contribution in [0.3, 0.4) is 0 Å². The predicted octanol–water partition coefficient (Wildman–Crippen LogP) is 2.04. The number of carbonyl (C=O) groups is 2. The summed E-state index contributed by atoms with van der Waals surface area (Å²) < 4.78 is 36.0. The van der Waals surface area contributed by atoms with Gasteiger partial charge >= 0.3 is 12.1 Å². The van der Waals surface area contributed by atoms with Gasteiger partial charge in [0.25, 0.3) is 0 Å². The van der Waals surface area contributed by atoms with Gasteiger partial charge in [0.1, 0.15) is 6.04 Å². The molecule has 0 aromatic rings. The molecule has 1 unspecified atom stereocenters. The molecule has 18 heavy (non-hydrogen) atoms. The van der Waals surface area contributed by atoms with Gasteiger partial charge in [0.15, 0.2) is 0 Å². The summed E-state index contributed by atoms with van der Waals surface area (Å²) in [5, 5.41) is 10.5. The zero-order valence-corrected chi connectivity index (χ0v) is 11.1. The maximum absolute atomic E-state index is 12.1. The monoisotopic (exact) mass is 287 g/mol. The molecule has 0 fully saturated rings. The van der Waals surface area contributed by atoms with Gasteiger partial charge in [-0.2, -0.15) is 13.2 Å². The van der Waals surface area contributed by atoms with Gasteiger partial charge in [0.05, 0.1) is 12.2 Å². The number of aliphatic carboxylic acids is 1. The topological polar surface area (TPSA) is 66.4 Å². The molecule has 0 rings (SSSR count). The van der Waals surface area contributed by atoms with Gasteiger partial charge < -0.3 is 10.4 Å². The van der Waals surface area contributed by atoms with Crippen LogP contribution in [-0.4, -0.2) is 39.7 Å². The van der Waals surface area contributed by atoms with Crippen molar-refractivity contribution in [2.75, 3.05) is 5.75 Å². The molecular formula is C10H16F3NO3S. The van der Waals surface area contributed by atoms with Crippen LogP contribution in [0.2, 0.25) is 0 Å². The number of thioether (sulfide) groups is 1. The van der Waals surface area contributed by atoms with Crippen molar-refractivity contribution in [1.82, 2.24) is 5.32 Å². The van der Waals surface area contributed by atoms with Gasteiger partial charge in [-0.3, -0.25) is 4.79 Å². The average molecular weight is 287 g/mol. The lowest BCUT2D eigenvalue weighted by Crippen LogP contribution is -2.44. The first-order chi connectivity index (χ1) is 7.91. The van der Waals surface area contributed by atoms with E-state index in [1.165, 1.54) is 11.8 Å². The van der Waals surface area contributed by atoms with E-state index >= 15 is 0 Å². The van der Waals surface area contributed by atoms with Crippen LogP contribution in [0.5, 0.6) is 0 Å². The van der Waals surface area contributed by atoms with Crippen LogP contribution in [0.4, 0.5) is 13.2 Å². The SMILES string of the molecule is CC(C)(C)SCC(=O)NC(CC(F)(F)F)C(=O)O. The van der Waals surface area contributed by atoms with Crippen molar-refractivity contribution in [3.8, 4) is 0 Å². The Kier molecular flexibility index (Phi) is 5.98. The fraction of sp³-hybridized carbons (Fsp3) is 0.800. The fourth-order valence-electron chi connectivity index (χ4n) is 0.950. The zero-order valence-electron chi connectivity index (χ0n) is 10.3. The molecule has 0 aromatic heterocycles. The molecule has 1 amide bonds. The predicted molar refractivity (Wildman–Crippen MR) is 62.4 cm³/mol. The number of amides is 1. The van der Waals surface area contributed by atoms with E-state index in [-0.39, 0.29) is 10.5 Å². The molecule has 0 heterocycles. The van der Waals surface area contributed by atoms with Gasteiger partial charge in [-0.1, -0.05) is 20.8 Å². The van der Waals surface area contributed by atoms with Crippen molar-refractivity contribution in [3.63, 3.8) is 0 Å². The maximum atomic E-state index is 12.1. The molecule has 0 aliphatic rings. The Labute approximate surface area is 107 Å². The first-order valence-electron chi connectivity index (χ1n) is 5.13. The Bertz CT molecular complexity index is 312. The highest BCUT2D eigenvalue weighted by Crippen LogP contribution is 2.24. The summed E-state index contributed by atoms with van der Waals surface area (Å²) in [6.45, 7) is 5.53. The van der Waals surface area contributed by atoms with Crippen LogP contribution in [0.15, 0.2) is 0 Å². The molecule has 0 saturated carbocycles. The van der Waals surface area contributed by atoms with E-state index in [4.69, 9.17) is 5.11 Å². The summed E-state index contributed by atoms with van der Waals surface area (Å²) in [6.07, 6.45) is -6.21. The quantitative estimate of drug-likeness (QED) is 0.812. The Morgan fingerprint density at radius 1 is 1.28 bits per heavy atom. The zero-order chi connectivity index (χ0) is 14.6. The average Bonchev–Trinajstić information content (AvgIpc) is 2.10. The summed E-state index contributed by atoms with van der Waals surface area (Å²) in [4.78, 5) is 21.9. The molecule has 0 spiro atoms. The van der Waals surface area contributed by atoms with E-state index in [1.807, 2.05) is 26.1 Å². The minimum Gasteiger partial charge on any atom is -0.480 e. The van der Waals surface area contributed by atoms with Crippen LogP contribution in [0.1, 0.15) is 27.2 Å². The smallest absolute Gasteiger partial charge is 0.391 e. The van der Waals surface area contributed by atoms with Gasteiger partial charge in [-0.05, 0) is 0 Å². The molecule has 0 aliphatic heterocycles. The van der Waals surface area contributed by atoms with Crippen molar-refractivity contribution in [3.05, 3.63) is 0 Å². The van der Waals surface area contributed by atoms with E-state index in [0.717, 1.165) is 0 Å². The first-order valence-corrected chi connectivity index (χ1v) is 6.12. The second-order valence-electron chi connectivity index (χ2n) is 4.68. The lowest BCUT2D eigenvalue weighted by molar-refractivity contribution is -0.159. The van der Waals surface area contributed by atoms with E-state index in [2.05, 4.69) is 0 Å². The lowest BCUT2D eigenvalue weighted by atomic mass is 10.2. The molecule has 0 aromatic carbocycles. The Balaban J connectivity index is 4.34. The van der Waals surface area contributed by atoms with Crippen LogP contribution in [0, 0.1) is 0 Å². The maximum Gasteiger partial charge on any atom is 0.391 e.